The number of nitrogens with zero attached hydrogens (tertiary/aromatic N) is 6. The average Bonchev–Trinajstić information content (AvgIpc) is 3.39. The SMILES string of the molecule is Cn1ccnc1CN1CCC2(CC1)O[C@H](C(=O)N1CCOCC1)Cn1ccnc12. The van der Waals surface area contributed by atoms with E-state index in [1.807, 2.05) is 36.7 Å². The van der Waals surface area contributed by atoms with Crippen molar-refractivity contribution in [2.75, 3.05) is 39.4 Å². The first-order valence-corrected chi connectivity index (χ1v) is 10.4. The van der Waals surface area contributed by atoms with E-state index in [0.29, 0.717) is 32.8 Å². The number of carbonyl (C=O) groups is 1. The molecule has 3 aliphatic heterocycles. The average molecular weight is 400 g/mol. The van der Waals surface area contributed by atoms with Crippen LogP contribution in [0.5, 0.6) is 0 Å². The van der Waals surface area contributed by atoms with Crippen LogP contribution in [0.1, 0.15) is 24.5 Å². The molecule has 0 bridgehead atoms. The number of morpholine rings is 1. The molecule has 2 fully saturated rings. The van der Waals surface area contributed by atoms with Crippen LogP contribution >= 0.6 is 0 Å². The fourth-order valence-corrected chi connectivity index (χ4v) is 4.68. The summed E-state index contributed by atoms with van der Waals surface area (Å²) in [5, 5.41) is 0. The van der Waals surface area contributed by atoms with E-state index in [1.165, 1.54) is 0 Å². The maximum absolute atomic E-state index is 13.1. The Labute approximate surface area is 170 Å². The number of hydrogen-bond donors (Lipinski definition) is 0. The molecule has 1 spiro atoms. The molecule has 1 atom stereocenters. The van der Waals surface area contributed by atoms with E-state index in [9.17, 15) is 4.79 Å². The molecule has 29 heavy (non-hydrogen) atoms. The summed E-state index contributed by atoms with van der Waals surface area (Å²) < 4.78 is 16.1. The number of piperidine rings is 1. The molecule has 2 aromatic heterocycles. The van der Waals surface area contributed by atoms with E-state index in [2.05, 4.69) is 24.0 Å². The Balaban J connectivity index is 1.31. The monoisotopic (exact) mass is 400 g/mol. The summed E-state index contributed by atoms with van der Waals surface area (Å²) in [5.74, 6) is 2.09. The minimum Gasteiger partial charge on any atom is -0.378 e. The van der Waals surface area contributed by atoms with E-state index in [0.717, 1.165) is 44.1 Å². The molecule has 0 unspecified atom stereocenters. The van der Waals surface area contributed by atoms with E-state index in [-0.39, 0.29) is 5.91 Å². The van der Waals surface area contributed by atoms with Crippen LogP contribution in [0.15, 0.2) is 24.8 Å². The van der Waals surface area contributed by atoms with E-state index in [1.54, 1.807) is 0 Å². The fraction of sp³-hybridized carbons (Fsp3) is 0.650. The second-order valence-electron chi connectivity index (χ2n) is 8.17. The van der Waals surface area contributed by atoms with Gasteiger partial charge in [-0.15, -0.1) is 0 Å². The van der Waals surface area contributed by atoms with Gasteiger partial charge in [0.2, 0.25) is 0 Å². The van der Waals surface area contributed by atoms with Gasteiger partial charge in [-0.25, -0.2) is 9.97 Å². The summed E-state index contributed by atoms with van der Waals surface area (Å²) in [4.78, 5) is 26.4. The van der Waals surface area contributed by atoms with Crippen LogP contribution in [0.2, 0.25) is 0 Å². The van der Waals surface area contributed by atoms with Gasteiger partial charge in [0.1, 0.15) is 17.2 Å². The number of fused-ring (bicyclic) bond motifs is 2. The Morgan fingerprint density at radius 1 is 1.14 bits per heavy atom. The lowest BCUT2D eigenvalue weighted by Crippen LogP contribution is -2.55. The van der Waals surface area contributed by atoms with Gasteiger partial charge in [-0.05, 0) is 12.8 Å². The van der Waals surface area contributed by atoms with Crippen molar-refractivity contribution in [1.29, 1.82) is 0 Å². The third-order valence-electron chi connectivity index (χ3n) is 6.40. The Hall–Kier alpha value is -2.23. The highest BCUT2D eigenvalue weighted by Gasteiger charge is 2.47. The van der Waals surface area contributed by atoms with Crippen LogP contribution in [0.4, 0.5) is 0 Å². The zero-order chi connectivity index (χ0) is 19.8. The molecule has 0 N–H and O–H groups in total. The molecule has 5 rings (SSSR count). The predicted octanol–water partition coefficient (Wildman–Crippen LogP) is 0.366. The molecule has 1 amide bonds. The van der Waals surface area contributed by atoms with Crippen LogP contribution in [0, 0.1) is 0 Å². The Morgan fingerprint density at radius 2 is 1.90 bits per heavy atom. The van der Waals surface area contributed by atoms with Gasteiger partial charge in [0.05, 0.1) is 26.3 Å². The molecule has 0 radical (unpaired) electrons. The number of ether oxygens (including phenoxy) is 2. The number of aromatic nitrogens is 4. The van der Waals surface area contributed by atoms with Crippen LogP contribution < -0.4 is 0 Å². The number of carbonyl (C=O) groups excluding carboxylic acids is 1. The van der Waals surface area contributed by atoms with E-state index < -0.39 is 11.7 Å². The second-order valence-corrected chi connectivity index (χ2v) is 8.17. The van der Waals surface area contributed by atoms with Gasteiger partial charge in [-0.2, -0.15) is 0 Å². The largest absolute Gasteiger partial charge is 0.378 e. The van der Waals surface area contributed by atoms with E-state index >= 15 is 0 Å². The number of imidazole rings is 2. The normalized spacial score (nSPS) is 24.6. The molecule has 2 saturated heterocycles. The van der Waals surface area contributed by atoms with Crippen molar-refractivity contribution in [1.82, 2.24) is 28.9 Å². The number of likely N-dealkylation sites (tertiary alicyclic amines) is 1. The summed E-state index contributed by atoms with van der Waals surface area (Å²) in [6.07, 6.45) is 8.79. The van der Waals surface area contributed by atoms with Crippen LogP contribution in [0.3, 0.4) is 0 Å². The lowest BCUT2D eigenvalue weighted by molar-refractivity contribution is -0.183. The van der Waals surface area contributed by atoms with Gasteiger partial charge in [0.25, 0.3) is 5.91 Å². The Bertz CT molecular complexity index is 863. The molecule has 0 aromatic carbocycles. The fourth-order valence-electron chi connectivity index (χ4n) is 4.68. The summed E-state index contributed by atoms with van der Waals surface area (Å²) in [6, 6.07) is 0. The summed E-state index contributed by atoms with van der Waals surface area (Å²) in [6.45, 7) is 5.61. The molecule has 9 nitrogen and oxygen atoms in total. The second kappa shape index (κ2) is 7.55. The lowest BCUT2D eigenvalue weighted by Gasteiger charge is -2.46. The van der Waals surface area contributed by atoms with Crippen LogP contribution in [-0.2, 0) is 40.0 Å². The first-order chi connectivity index (χ1) is 14.1. The zero-order valence-electron chi connectivity index (χ0n) is 16.9. The summed E-state index contributed by atoms with van der Waals surface area (Å²) in [7, 11) is 2.02. The van der Waals surface area contributed by atoms with Crippen molar-refractivity contribution in [2.45, 2.75) is 37.6 Å². The number of rotatable bonds is 3. The van der Waals surface area contributed by atoms with Gasteiger partial charge in [-0.1, -0.05) is 0 Å². The highest BCUT2D eigenvalue weighted by molar-refractivity contribution is 5.81. The van der Waals surface area contributed by atoms with E-state index in [4.69, 9.17) is 9.47 Å². The predicted molar refractivity (Wildman–Crippen MR) is 104 cm³/mol. The smallest absolute Gasteiger partial charge is 0.253 e. The van der Waals surface area contributed by atoms with Gasteiger partial charge in [0.15, 0.2) is 6.10 Å². The highest BCUT2D eigenvalue weighted by Crippen LogP contribution is 2.40. The van der Waals surface area contributed by atoms with Gasteiger partial charge < -0.3 is 23.5 Å². The minimum atomic E-state index is -0.494. The van der Waals surface area contributed by atoms with Crippen molar-refractivity contribution < 1.29 is 14.3 Å². The molecule has 156 valence electrons. The number of amides is 1. The zero-order valence-corrected chi connectivity index (χ0v) is 16.9. The van der Waals surface area contributed by atoms with Crippen LogP contribution in [-0.4, -0.2) is 80.3 Å². The van der Waals surface area contributed by atoms with Gasteiger partial charge in [0, 0.05) is 58.0 Å². The third kappa shape index (κ3) is 3.47. The maximum atomic E-state index is 13.1. The first-order valence-electron chi connectivity index (χ1n) is 10.4. The first kappa shape index (κ1) is 18.8. The van der Waals surface area contributed by atoms with Crippen molar-refractivity contribution in [2.24, 2.45) is 7.05 Å². The van der Waals surface area contributed by atoms with Gasteiger partial charge in [-0.3, -0.25) is 9.69 Å². The maximum Gasteiger partial charge on any atom is 0.253 e. The summed E-state index contributed by atoms with van der Waals surface area (Å²) >= 11 is 0. The molecule has 0 saturated carbocycles. The Morgan fingerprint density at radius 3 is 2.62 bits per heavy atom. The molecular weight excluding hydrogens is 372 g/mol. The molecule has 3 aliphatic rings. The molecule has 9 heteroatoms. The topological polar surface area (TPSA) is 77.6 Å². The highest BCUT2D eigenvalue weighted by atomic mass is 16.5. The molecular formula is C20H28N6O3. The van der Waals surface area contributed by atoms with Crippen molar-refractivity contribution >= 4 is 5.91 Å². The third-order valence-corrected chi connectivity index (χ3v) is 6.40. The lowest BCUT2D eigenvalue weighted by atomic mass is 9.88. The van der Waals surface area contributed by atoms with Crippen molar-refractivity contribution in [3.63, 3.8) is 0 Å². The molecule has 2 aromatic rings. The standard InChI is InChI=1S/C20H28N6O3/c1-23-8-4-21-17(23)15-24-6-2-20(3-7-24)19-22-5-9-26(19)14-16(29-20)18(27)25-10-12-28-13-11-25/h4-5,8-9,16H,2-3,6-7,10-15H2,1H3/t16-/m0/s1. The van der Waals surface area contributed by atoms with Crippen molar-refractivity contribution in [3.8, 4) is 0 Å². The molecule has 0 aliphatic carbocycles. The van der Waals surface area contributed by atoms with Crippen molar-refractivity contribution in [3.05, 3.63) is 36.4 Å². The quantitative estimate of drug-likeness (QED) is 0.741. The number of aryl methyl sites for hydroxylation is 1. The number of hydrogen-bond acceptors (Lipinski definition) is 6. The minimum absolute atomic E-state index is 0.0717. The summed E-state index contributed by atoms with van der Waals surface area (Å²) in [5.41, 5.74) is -0.494. The van der Waals surface area contributed by atoms with Crippen LogP contribution in [0.25, 0.3) is 0 Å². The Kier molecular flexibility index (Phi) is 4.89. The molecule has 5 heterocycles. The van der Waals surface area contributed by atoms with Gasteiger partial charge >= 0.3 is 0 Å².